The first-order valence-corrected chi connectivity index (χ1v) is 5.31. The molecule has 96 valence electrons. The Labute approximate surface area is 105 Å². The Morgan fingerprint density at radius 1 is 1.44 bits per heavy atom. The van der Waals surface area contributed by atoms with Crippen molar-refractivity contribution in [3.05, 3.63) is 42.5 Å². The van der Waals surface area contributed by atoms with Crippen molar-refractivity contribution in [2.24, 2.45) is 0 Å². The number of hydrogen-bond donors (Lipinski definition) is 2. The van der Waals surface area contributed by atoms with Gasteiger partial charge in [-0.25, -0.2) is 4.79 Å². The molecule has 2 unspecified atom stereocenters. The Morgan fingerprint density at radius 3 is 2.56 bits per heavy atom. The molecule has 0 heterocycles. The number of aliphatic hydroxyl groups excluding tert-OH is 1. The summed E-state index contributed by atoms with van der Waals surface area (Å²) in [6.45, 7) is 3.73. The zero-order valence-corrected chi connectivity index (χ0v) is 10.00. The summed E-state index contributed by atoms with van der Waals surface area (Å²) in [4.78, 5) is 21.9. The van der Waals surface area contributed by atoms with E-state index in [1.54, 1.807) is 24.3 Å². The summed E-state index contributed by atoms with van der Waals surface area (Å²) >= 11 is 0. The molecule has 1 amide bonds. The van der Waals surface area contributed by atoms with Gasteiger partial charge in [-0.05, 0) is 11.1 Å². The van der Waals surface area contributed by atoms with Crippen LogP contribution in [0.4, 0.5) is 0 Å². The molecule has 2 N–H and O–H groups in total. The van der Waals surface area contributed by atoms with Gasteiger partial charge in [0.2, 0.25) is 6.41 Å². The molecule has 0 aliphatic heterocycles. The molecule has 1 aromatic rings. The molecule has 1 aromatic carbocycles. The van der Waals surface area contributed by atoms with E-state index in [2.05, 4.69) is 16.6 Å². The van der Waals surface area contributed by atoms with Crippen LogP contribution < -0.4 is 5.32 Å². The van der Waals surface area contributed by atoms with E-state index < -0.39 is 18.1 Å². The number of rotatable bonds is 6. The molecule has 0 radical (unpaired) electrons. The van der Waals surface area contributed by atoms with E-state index in [9.17, 15) is 14.7 Å². The summed E-state index contributed by atoms with van der Waals surface area (Å²) in [6.07, 6.45) is -0.909. The molecular weight excluding hydrogens is 234 g/mol. The largest absolute Gasteiger partial charge is 0.467 e. The quantitative estimate of drug-likeness (QED) is 0.563. The Morgan fingerprint density at radius 2 is 2.06 bits per heavy atom. The fourth-order valence-electron chi connectivity index (χ4n) is 1.51. The van der Waals surface area contributed by atoms with Crippen molar-refractivity contribution in [3.63, 3.8) is 0 Å². The van der Waals surface area contributed by atoms with E-state index in [1.807, 2.05) is 6.07 Å². The minimum atomic E-state index is -1.25. The first kappa shape index (κ1) is 13.9. The van der Waals surface area contributed by atoms with Gasteiger partial charge < -0.3 is 15.2 Å². The van der Waals surface area contributed by atoms with Gasteiger partial charge in [-0.15, -0.1) is 0 Å². The smallest absolute Gasteiger partial charge is 0.331 e. The number of ether oxygens (including phenoxy) is 1. The molecule has 0 aliphatic rings. The van der Waals surface area contributed by atoms with Crippen molar-refractivity contribution in [3.8, 4) is 0 Å². The molecule has 0 spiro atoms. The van der Waals surface area contributed by atoms with E-state index >= 15 is 0 Å². The van der Waals surface area contributed by atoms with Crippen LogP contribution in [0.1, 0.15) is 5.56 Å². The molecule has 2 atom stereocenters. The number of nitrogens with one attached hydrogen (secondary N) is 1. The van der Waals surface area contributed by atoms with E-state index in [0.717, 1.165) is 0 Å². The number of carbonyl (C=O) groups is 2. The van der Waals surface area contributed by atoms with Crippen molar-refractivity contribution in [1.82, 2.24) is 5.32 Å². The highest BCUT2D eigenvalue weighted by Crippen LogP contribution is 2.18. The monoisotopic (exact) mass is 249 g/mol. The van der Waals surface area contributed by atoms with Crippen LogP contribution in [0, 0.1) is 0 Å². The van der Waals surface area contributed by atoms with Crippen LogP contribution in [-0.4, -0.2) is 36.7 Å². The second-order valence-corrected chi connectivity index (χ2v) is 3.62. The maximum atomic E-state index is 11.4. The number of aliphatic hydroxyl groups is 1. The highest BCUT2D eigenvalue weighted by Gasteiger charge is 2.29. The summed E-state index contributed by atoms with van der Waals surface area (Å²) in [6, 6.07) is 7.73. The third kappa shape index (κ3) is 3.18. The van der Waals surface area contributed by atoms with Gasteiger partial charge in [0.15, 0.2) is 6.04 Å². The average Bonchev–Trinajstić information content (AvgIpc) is 2.43. The summed E-state index contributed by atoms with van der Waals surface area (Å²) in [5, 5.41) is 12.3. The Kier molecular flexibility index (Phi) is 5.07. The van der Waals surface area contributed by atoms with Crippen molar-refractivity contribution in [2.75, 3.05) is 7.11 Å². The molecule has 0 aliphatic carbocycles. The molecule has 5 heteroatoms. The summed E-state index contributed by atoms with van der Waals surface area (Å²) in [5.41, 5.74) is 1.02. The van der Waals surface area contributed by atoms with Crippen LogP contribution in [0.25, 0.3) is 5.57 Å². The first-order chi connectivity index (χ1) is 8.61. The normalized spacial score (nSPS) is 13.2. The van der Waals surface area contributed by atoms with Crippen molar-refractivity contribution >= 4 is 18.0 Å². The lowest BCUT2D eigenvalue weighted by molar-refractivity contribution is -0.146. The maximum Gasteiger partial charge on any atom is 0.331 e. The van der Waals surface area contributed by atoms with Crippen LogP contribution in [0.3, 0.4) is 0 Å². The molecule has 5 nitrogen and oxygen atoms in total. The Bertz CT molecular complexity index is 430. The molecular formula is C13H15NO4. The number of amides is 1. The highest BCUT2D eigenvalue weighted by atomic mass is 16.5. The van der Waals surface area contributed by atoms with Gasteiger partial charge in [0.1, 0.15) is 6.10 Å². The maximum absolute atomic E-state index is 11.4. The third-order valence-corrected chi connectivity index (χ3v) is 2.52. The number of carbonyl (C=O) groups excluding carboxylic acids is 2. The van der Waals surface area contributed by atoms with E-state index in [1.165, 1.54) is 7.11 Å². The van der Waals surface area contributed by atoms with Gasteiger partial charge in [-0.1, -0.05) is 36.9 Å². The topological polar surface area (TPSA) is 75.6 Å². The van der Waals surface area contributed by atoms with Gasteiger partial charge in [0.25, 0.3) is 0 Å². The zero-order valence-electron chi connectivity index (χ0n) is 10.00. The number of benzene rings is 1. The van der Waals surface area contributed by atoms with Gasteiger partial charge in [-0.2, -0.15) is 0 Å². The van der Waals surface area contributed by atoms with Crippen LogP contribution in [0.2, 0.25) is 0 Å². The fourth-order valence-corrected chi connectivity index (χ4v) is 1.51. The standard InChI is InChI=1S/C13H15NO4/c1-9(10-6-4-3-5-7-10)12(16)11(14-8-15)13(17)18-2/h3-8,11-12,16H,1H2,2H3,(H,14,15). The lowest BCUT2D eigenvalue weighted by atomic mass is 9.97. The third-order valence-electron chi connectivity index (χ3n) is 2.52. The van der Waals surface area contributed by atoms with Crippen LogP contribution in [0.5, 0.6) is 0 Å². The minimum Gasteiger partial charge on any atom is -0.467 e. The average molecular weight is 249 g/mol. The van der Waals surface area contributed by atoms with Crippen molar-refractivity contribution < 1.29 is 19.4 Å². The molecule has 0 saturated carbocycles. The van der Waals surface area contributed by atoms with E-state index in [-0.39, 0.29) is 0 Å². The minimum absolute atomic E-state index is 0.334. The second-order valence-electron chi connectivity index (χ2n) is 3.62. The van der Waals surface area contributed by atoms with Crippen molar-refractivity contribution in [1.29, 1.82) is 0 Å². The van der Waals surface area contributed by atoms with E-state index in [4.69, 9.17) is 0 Å². The first-order valence-electron chi connectivity index (χ1n) is 5.31. The highest BCUT2D eigenvalue weighted by molar-refractivity contribution is 5.83. The van der Waals surface area contributed by atoms with Crippen molar-refractivity contribution in [2.45, 2.75) is 12.1 Å². The molecule has 0 fully saturated rings. The Hall–Kier alpha value is -2.14. The van der Waals surface area contributed by atoms with Gasteiger partial charge >= 0.3 is 5.97 Å². The van der Waals surface area contributed by atoms with Gasteiger partial charge in [0, 0.05) is 0 Å². The lowest BCUT2D eigenvalue weighted by Gasteiger charge is -2.22. The predicted octanol–water partition coefficient (Wildman–Crippen LogP) is 0.348. The fraction of sp³-hybridized carbons (Fsp3) is 0.231. The molecule has 1 rings (SSSR count). The summed E-state index contributed by atoms with van der Waals surface area (Å²) < 4.78 is 4.51. The van der Waals surface area contributed by atoms with Crippen LogP contribution >= 0.6 is 0 Å². The molecule has 0 aromatic heterocycles. The molecule has 0 bridgehead atoms. The van der Waals surface area contributed by atoms with Gasteiger partial charge in [0.05, 0.1) is 7.11 Å². The summed E-state index contributed by atoms with van der Waals surface area (Å²) in [7, 11) is 1.18. The van der Waals surface area contributed by atoms with Crippen LogP contribution in [-0.2, 0) is 14.3 Å². The predicted molar refractivity (Wildman–Crippen MR) is 66.5 cm³/mol. The Balaban J connectivity index is 2.89. The number of methoxy groups -OCH3 is 1. The number of hydrogen-bond acceptors (Lipinski definition) is 4. The number of esters is 1. The molecule has 0 saturated heterocycles. The molecule has 18 heavy (non-hydrogen) atoms. The zero-order chi connectivity index (χ0) is 13.5. The van der Waals surface area contributed by atoms with Crippen LogP contribution in [0.15, 0.2) is 36.9 Å². The van der Waals surface area contributed by atoms with E-state index in [0.29, 0.717) is 17.5 Å². The van der Waals surface area contributed by atoms with Gasteiger partial charge in [-0.3, -0.25) is 4.79 Å². The lowest BCUT2D eigenvalue weighted by Crippen LogP contribution is -2.46. The summed E-state index contributed by atoms with van der Waals surface area (Å²) in [5.74, 6) is -0.730. The second kappa shape index (κ2) is 6.56. The SMILES string of the molecule is C=C(c1ccccc1)C(O)C(NC=O)C(=O)OC.